The fraction of sp³-hybridized carbons (Fsp3) is 0.357. The number of aryl methyl sites for hydroxylation is 1. The number of nitrogens with two attached hydrogens (primary N) is 1. The lowest BCUT2D eigenvalue weighted by atomic mass is 9.90. The van der Waals surface area contributed by atoms with E-state index in [1.54, 1.807) is 18.2 Å². The highest BCUT2D eigenvalue weighted by molar-refractivity contribution is 6.35. The van der Waals surface area contributed by atoms with Crippen molar-refractivity contribution in [2.24, 2.45) is 5.73 Å². The molecule has 1 heterocycles. The number of fused-ring (bicyclic) bond motifs is 1. The van der Waals surface area contributed by atoms with Gasteiger partial charge in [0.15, 0.2) is 5.96 Å². The number of alkyl halides is 6. The van der Waals surface area contributed by atoms with Gasteiger partial charge in [-0.15, -0.1) is 0 Å². The van der Waals surface area contributed by atoms with Crippen LogP contribution in [0.3, 0.4) is 0 Å². The van der Waals surface area contributed by atoms with Gasteiger partial charge in [-0.1, -0.05) is 53.7 Å². The molecule has 2 atom stereocenters. The summed E-state index contributed by atoms with van der Waals surface area (Å²) in [6.07, 6.45) is -6.24. The Morgan fingerprint density at radius 3 is 2.02 bits per heavy atom. The molecule has 2 aromatic carbocycles. The molecule has 0 saturated heterocycles. The molecule has 1 aliphatic carbocycles. The molecule has 262 valence electrons. The van der Waals surface area contributed by atoms with Gasteiger partial charge in [-0.25, -0.2) is 19.6 Å². The van der Waals surface area contributed by atoms with Gasteiger partial charge in [0.25, 0.3) is 5.91 Å². The number of nitrogens with one attached hydrogen (secondary N) is 4. The Balaban J connectivity index is 0.000000479. The Labute approximate surface area is 278 Å². The minimum Gasteiger partial charge on any atom is -0.475 e. The number of nitrogens with zero attached hydrogens (tertiary/aromatic N) is 2. The third-order valence-corrected chi connectivity index (χ3v) is 7.01. The summed E-state index contributed by atoms with van der Waals surface area (Å²) in [6, 6.07) is 11.0. The van der Waals surface area contributed by atoms with Crippen molar-refractivity contribution in [3.63, 3.8) is 0 Å². The van der Waals surface area contributed by atoms with Gasteiger partial charge in [0.05, 0.1) is 5.52 Å². The fourth-order valence-corrected chi connectivity index (χ4v) is 4.70. The molecule has 12 nitrogen and oxygen atoms in total. The van der Waals surface area contributed by atoms with Crippen molar-refractivity contribution in [1.29, 1.82) is 5.41 Å². The summed E-state index contributed by atoms with van der Waals surface area (Å²) in [4.78, 5) is 39.9. The van der Waals surface area contributed by atoms with Crippen molar-refractivity contribution < 1.29 is 50.9 Å². The Morgan fingerprint density at radius 1 is 0.938 bits per heavy atom. The van der Waals surface area contributed by atoms with Crippen LogP contribution in [0.1, 0.15) is 47.4 Å². The van der Waals surface area contributed by atoms with E-state index in [4.69, 9.17) is 54.1 Å². The number of carboxylic acid groups (broad SMARTS) is 2. The van der Waals surface area contributed by atoms with Gasteiger partial charge in [0, 0.05) is 34.1 Å². The molecule has 8 N–H and O–H groups in total. The predicted molar refractivity (Wildman–Crippen MR) is 164 cm³/mol. The van der Waals surface area contributed by atoms with Crippen LogP contribution < -0.4 is 21.7 Å². The number of guanidine groups is 1. The first-order valence-electron chi connectivity index (χ1n) is 13.7. The van der Waals surface area contributed by atoms with Crippen molar-refractivity contribution >= 4 is 63.7 Å². The molecular formula is C28H29Cl2F6N7O5. The smallest absolute Gasteiger partial charge is 0.475 e. The van der Waals surface area contributed by atoms with Crippen LogP contribution in [0.2, 0.25) is 10.0 Å². The van der Waals surface area contributed by atoms with Gasteiger partial charge in [0.2, 0.25) is 5.82 Å². The minimum absolute atomic E-state index is 0.00500. The van der Waals surface area contributed by atoms with E-state index in [9.17, 15) is 31.1 Å². The molecule has 2 unspecified atom stereocenters. The number of carbonyl (C=O) groups is 3. The zero-order valence-electron chi connectivity index (χ0n) is 24.8. The Bertz CT molecular complexity index is 1620. The van der Waals surface area contributed by atoms with E-state index < -0.39 is 30.2 Å². The number of aromatic nitrogens is 2. The lowest BCUT2D eigenvalue weighted by molar-refractivity contribution is -0.193. The van der Waals surface area contributed by atoms with Gasteiger partial charge in [-0.3, -0.25) is 10.2 Å². The van der Waals surface area contributed by atoms with Gasteiger partial charge < -0.3 is 31.9 Å². The summed E-state index contributed by atoms with van der Waals surface area (Å²) < 4.78 is 63.5. The number of halogens is 8. The molecule has 48 heavy (non-hydrogen) atoms. The van der Waals surface area contributed by atoms with Gasteiger partial charge in [0.1, 0.15) is 5.82 Å². The number of hydrogen-bond acceptors (Lipinski definition) is 7. The number of carbonyl (C=O) groups excluding carboxylic acids is 1. The second kappa shape index (κ2) is 17.0. The highest BCUT2D eigenvalue weighted by atomic mass is 35.5. The summed E-state index contributed by atoms with van der Waals surface area (Å²) in [6.45, 7) is 2.22. The average molecular weight is 728 g/mol. The van der Waals surface area contributed by atoms with Crippen molar-refractivity contribution in [1.82, 2.24) is 20.6 Å². The topological polar surface area (TPSA) is 203 Å². The Kier molecular flexibility index (Phi) is 14.0. The monoisotopic (exact) mass is 727 g/mol. The largest absolute Gasteiger partial charge is 0.490 e. The Hall–Kier alpha value is -4.58. The van der Waals surface area contributed by atoms with E-state index in [-0.39, 0.29) is 30.4 Å². The molecule has 3 aromatic rings. The Morgan fingerprint density at radius 2 is 1.50 bits per heavy atom. The van der Waals surface area contributed by atoms with E-state index in [1.807, 2.05) is 25.1 Å². The molecule has 0 bridgehead atoms. The summed E-state index contributed by atoms with van der Waals surface area (Å²) in [7, 11) is 0. The van der Waals surface area contributed by atoms with E-state index in [2.05, 4.69) is 25.9 Å². The standard InChI is InChI=1S/C24H27Cl2N7O.2C2HF3O2/c1-13-6-9-18-16(10-13)21(31-19-4-2-3-5-20(19)32-24(27)28)33-22(30-18)23(34)29-12-14-7-8-15(25)11-17(14)26;2*3-2(4,5)1(6)7/h6-11,19-20H,2-5,12H2,1H3,(H,29,34)(H4,27,28,32)(H,30,31,33);2*(H,6,7). The van der Waals surface area contributed by atoms with Crippen molar-refractivity contribution in [2.75, 3.05) is 5.32 Å². The number of benzene rings is 2. The van der Waals surface area contributed by atoms with Crippen molar-refractivity contribution in [3.05, 3.63) is 63.4 Å². The van der Waals surface area contributed by atoms with Gasteiger partial charge in [-0.2, -0.15) is 26.3 Å². The summed E-state index contributed by atoms with van der Waals surface area (Å²) in [5.41, 5.74) is 8.08. The first-order chi connectivity index (χ1) is 22.2. The summed E-state index contributed by atoms with van der Waals surface area (Å²) >= 11 is 12.2. The van der Waals surface area contributed by atoms with E-state index >= 15 is 0 Å². The zero-order valence-corrected chi connectivity index (χ0v) is 26.3. The number of rotatable bonds is 6. The SMILES string of the molecule is Cc1ccc2nc(C(=O)NCc3ccc(Cl)cc3Cl)nc(NC3CCCCC3NC(=N)N)c2c1.O=C(O)C(F)(F)F.O=C(O)C(F)(F)F. The maximum Gasteiger partial charge on any atom is 0.490 e. The first-order valence-corrected chi connectivity index (χ1v) is 14.4. The summed E-state index contributed by atoms with van der Waals surface area (Å²) in [5.74, 6) is -5.32. The number of amides is 1. The molecule has 20 heteroatoms. The van der Waals surface area contributed by atoms with Crippen molar-refractivity contribution in [2.45, 2.75) is 63.6 Å². The molecule has 1 amide bonds. The lowest BCUT2D eigenvalue weighted by Crippen LogP contribution is -2.50. The second-order valence-electron chi connectivity index (χ2n) is 10.1. The molecule has 0 aliphatic heterocycles. The van der Waals surface area contributed by atoms with Crippen LogP contribution in [-0.4, -0.2) is 68.4 Å². The van der Waals surface area contributed by atoms with Crippen LogP contribution in [0.4, 0.5) is 32.2 Å². The normalized spacial score (nSPS) is 15.9. The highest BCUT2D eigenvalue weighted by Crippen LogP contribution is 2.27. The third-order valence-electron chi connectivity index (χ3n) is 6.42. The van der Waals surface area contributed by atoms with Crippen LogP contribution in [-0.2, 0) is 16.1 Å². The molecule has 1 fully saturated rings. The van der Waals surface area contributed by atoms with Crippen LogP contribution in [0.5, 0.6) is 0 Å². The summed E-state index contributed by atoms with van der Waals surface area (Å²) in [5, 5.41) is 33.1. The fourth-order valence-electron chi connectivity index (χ4n) is 4.23. The van der Waals surface area contributed by atoms with Gasteiger partial charge >= 0.3 is 24.3 Å². The maximum absolute atomic E-state index is 13.0. The highest BCUT2D eigenvalue weighted by Gasteiger charge is 2.39. The van der Waals surface area contributed by atoms with E-state index in [0.29, 0.717) is 21.4 Å². The zero-order chi connectivity index (χ0) is 36.4. The molecule has 1 aromatic heterocycles. The average Bonchev–Trinajstić information content (AvgIpc) is 2.97. The molecule has 0 radical (unpaired) electrons. The number of carboxylic acids is 2. The van der Waals surface area contributed by atoms with Crippen LogP contribution in [0.15, 0.2) is 36.4 Å². The second-order valence-corrected chi connectivity index (χ2v) is 11.0. The van der Waals surface area contributed by atoms with Gasteiger partial charge in [-0.05, 0) is 49.6 Å². The van der Waals surface area contributed by atoms with Crippen LogP contribution in [0.25, 0.3) is 10.9 Å². The first kappa shape index (κ1) is 39.6. The third kappa shape index (κ3) is 12.6. The maximum atomic E-state index is 13.0. The minimum atomic E-state index is -5.08. The molecule has 0 spiro atoms. The van der Waals surface area contributed by atoms with Crippen LogP contribution in [0, 0.1) is 12.3 Å². The van der Waals surface area contributed by atoms with E-state index in [0.717, 1.165) is 42.2 Å². The predicted octanol–water partition coefficient (Wildman–Crippen LogP) is 5.65. The number of hydrogen-bond donors (Lipinski definition) is 7. The van der Waals surface area contributed by atoms with Crippen molar-refractivity contribution in [3.8, 4) is 0 Å². The molecule has 1 aliphatic rings. The molecule has 4 rings (SSSR count). The number of anilines is 1. The number of aliphatic carboxylic acids is 2. The molecular weight excluding hydrogens is 699 g/mol. The van der Waals surface area contributed by atoms with Crippen LogP contribution >= 0.6 is 23.2 Å². The molecule has 1 saturated carbocycles. The lowest BCUT2D eigenvalue weighted by Gasteiger charge is -2.33. The van der Waals surface area contributed by atoms with E-state index in [1.165, 1.54) is 0 Å². The quantitative estimate of drug-likeness (QED) is 0.0945.